The fraction of sp³-hybridized carbons (Fsp3) is 0.750. The molecule has 0 aliphatic rings. The van der Waals surface area contributed by atoms with Gasteiger partial charge < -0.3 is 10.9 Å². The van der Waals surface area contributed by atoms with Gasteiger partial charge in [-0.05, 0) is 0 Å². The molecule has 0 amide bonds. The summed E-state index contributed by atoms with van der Waals surface area (Å²) in [6.45, 7) is 1.22. The molecule has 0 saturated carbocycles. The maximum absolute atomic E-state index is 9.40. The molecule has 0 atom stereocenters. The molecule has 0 bridgehead atoms. The van der Waals surface area contributed by atoms with Crippen LogP contribution in [0.2, 0.25) is 0 Å². The van der Waals surface area contributed by atoms with Crippen LogP contribution in [0.15, 0.2) is 0 Å². The first-order valence-corrected chi connectivity index (χ1v) is 1.96. The Balaban J connectivity index is -0.000000180. The third-order valence-corrected chi connectivity index (χ3v) is 0.473. The van der Waals surface area contributed by atoms with E-state index in [0.29, 0.717) is 19.7 Å². The molecule has 0 N–H and O–H groups in total. The van der Waals surface area contributed by atoms with Crippen LogP contribution in [0.1, 0.15) is 1.43 Å². The van der Waals surface area contributed by atoms with Gasteiger partial charge in [0.05, 0.1) is 6.61 Å². The van der Waals surface area contributed by atoms with E-state index in [9.17, 15) is 4.79 Å². The molecule has 0 aliphatic heterocycles. The Morgan fingerprint density at radius 1 is 1.62 bits per heavy atom. The molecule has 0 fully saturated rings. The zero-order valence-corrected chi connectivity index (χ0v) is 7.22. The molecule has 0 radical (unpaired) electrons. The standard InChI is InChI=1S/C4H8O3.Na.H/c1-6-2-3-7-4-5;;/h4H,2-3H2,1H3;;/q;+1;-1. The second-order valence-corrected chi connectivity index (χ2v) is 0.960. The van der Waals surface area contributed by atoms with Gasteiger partial charge >= 0.3 is 29.6 Å². The number of ether oxygens (including phenoxy) is 2. The Labute approximate surface area is 72.1 Å². The fourth-order valence-corrected chi connectivity index (χ4v) is 0.180. The third kappa shape index (κ3) is 9.66. The molecule has 0 heterocycles. The Kier molecular flexibility index (Phi) is 14.7. The van der Waals surface area contributed by atoms with E-state index in [1.807, 2.05) is 0 Å². The smallest absolute Gasteiger partial charge is 1.00 e. The van der Waals surface area contributed by atoms with Crippen LogP contribution in [0.3, 0.4) is 0 Å². The average molecular weight is 128 g/mol. The van der Waals surface area contributed by atoms with E-state index >= 15 is 0 Å². The first kappa shape index (κ1) is 11.3. The van der Waals surface area contributed by atoms with Gasteiger partial charge in [0, 0.05) is 7.11 Å². The van der Waals surface area contributed by atoms with Gasteiger partial charge in [-0.15, -0.1) is 0 Å². The van der Waals surface area contributed by atoms with E-state index in [2.05, 4.69) is 9.47 Å². The summed E-state index contributed by atoms with van der Waals surface area (Å²) in [5.41, 5.74) is 0. The van der Waals surface area contributed by atoms with Crippen LogP contribution < -0.4 is 29.6 Å². The predicted molar refractivity (Wildman–Crippen MR) is 25.0 cm³/mol. The van der Waals surface area contributed by atoms with E-state index in [4.69, 9.17) is 0 Å². The van der Waals surface area contributed by atoms with Crippen molar-refractivity contribution in [3.05, 3.63) is 0 Å². The largest absolute Gasteiger partial charge is 1.00 e. The molecular formula is C4H9NaO3. The van der Waals surface area contributed by atoms with E-state index in [1.165, 1.54) is 0 Å². The van der Waals surface area contributed by atoms with Crippen molar-refractivity contribution in [1.29, 1.82) is 0 Å². The van der Waals surface area contributed by atoms with Gasteiger partial charge in [-0.3, -0.25) is 4.79 Å². The molecule has 8 heavy (non-hydrogen) atoms. The van der Waals surface area contributed by atoms with Crippen LogP contribution in [0.4, 0.5) is 0 Å². The number of hydrogen-bond donors (Lipinski definition) is 0. The number of methoxy groups -OCH3 is 1. The van der Waals surface area contributed by atoms with Crippen LogP contribution in [0.5, 0.6) is 0 Å². The molecule has 44 valence electrons. The minimum Gasteiger partial charge on any atom is -1.00 e. The van der Waals surface area contributed by atoms with Crippen molar-refractivity contribution >= 4 is 6.47 Å². The Morgan fingerprint density at radius 2 is 2.25 bits per heavy atom. The van der Waals surface area contributed by atoms with Crippen LogP contribution >= 0.6 is 0 Å². The molecular weight excluding hydrogens is 119 g/mol. The zero-order chi connectivity index (χ0) is 5.54. The van der Waals surface area contributed by atoms with Gasteiger partial charge in [0.25, 0.3) is 6.47 Å². The zero-order valence-electron chi connectivity index (χ0n) is 6.22. The van der Waals surface area contributed by atoms with Crippen molar-refractivity contribution in [2.24, 2.45) is 0 Å². The summed E-state index contributed by atoms with van der Waals surface area (Å²) in [6.07, 6.45) is 0. The second kappa shape index (κ2) is 10.4. The van der Waals surface area contributed by atoms with Crippen molar-refractivity contribution in [1.82, 2.24) is 0 Å². The number of carbonyl (C=O) groups is 1. The normalized spacial score (nSPS) is 7.12. The molecule has 0 aromatic rings. The van der Waals surface area contributed by atoms with Crippen LogP contribution in [-0.4, -0.2) is 26.8 Å². The summed E-state index contributed by atoms with van der Waals surface area (Å²) < 4.78 is 8.83. The quantitative estimate of drug-likeness (QED) is 0.229. The Morgan fingerprint density at radius 3 is 2.62 bits per heavy atom. The van der Waals surface area contributed by atoms with Gasteiger partial charge in [-0.2, -0.15) is 0 Å². The summed E-state index contributed by atoms with van der Waals surface area (Å²) in [6, 6.07) is 0. The minimum absolute atomic E-state index is 0. The van der Waals surface area contributed by atoms with Crippen molar-refractivity contribution in [3.63, 3.8) is 0 Å². The summed E-state index contributed by atoms with van der Waals surface area (Å²) >= 11 is 0. The van der Waals surface area contributed by atoms with Crippen molar-refractivity contribution < 1.29 is 45.3 Å². The van der Waals surface area contributed by atoms with E-state index < -0.39 is 0 Å². The van der Waals surface area contributed by atoms with Crippen molar-refractivity contribution in [2.45, 2.75) is 0 Å². The summed E-state index contributed by atoms with van der Waals surface area (Å²) in [4.78, 5) is 9.40. The molecule has 4 heteroatoms. The van der Waals surface area contributed by atoms with E-state index in [1.54, 1.807) is 7.11 Å². The van der Waals surface area contributed by atoms with Crippen LogP contribution in [0.25, 0.3) is 0 Å². The number of carbonyl (C=O) groups excluding carboxylic acids is 1. The molecule has 0 aromatic heterocycles. The Hall–Kier alpha value is 0.430. The fourth-order valence-electron chi connectivity index (χ4n) is 0.180. The SMILES string of the molecule is COCCOC=O.[H-].[Na+]. The van der Waals surface area contributed by atoms with Crippen molar-refractivity contribution in [3.8, 4) is 0 Å². The molecule has 0 unspecified atom stereocenters. The van der Waals surface area contributed by atoms with Crippen molar-refractivity contribution in [2.75, 3.05) is 20.3 Å². The van der Waals surface area contributed by atoms with Crippen LogP contribution in [-0.2, 0) is 14.3 Å². The van der Waals surface area contributed by atoms with E-state index in [0.717, 1.165) is 0 Å². The first-order valence-electron chi connectivity index (χ1n) is 1.96. The van der Waals surface area contributed by atoms with E-state index in [-0.39, 0.29) is 31.0 Å². The maximum Gasteiger partial charge on any atom is 1.00 e. The molecule has 0 rings (SSSR count). The third-order valence-electron chi connectivity index (χ3n) is 0.473. The van der Waals surface area contributed by atoms with Gasteiger partial charge in [0.1, 0.15) is 6.61 Å². The molecule has 0 aliphatic carbocycles. The van der Waals surface area contributed by atoms with Gasteiger partial charge in [-0.25, -0.2) is 0 Å². The first-order chi connectivity index (χ1) is 3.41. The summed E-state index contributed by atoms with van der Waals surface area (Å²) in [5.74, 6) is 0. The molecule has 3 nitrogen and oxygen atoms in total. The summed E-state index contributed by atoms with van der Waals surface area (Å²) in [7, 11) is 1.55. The van der Waals surface area contributed by atoms with Gasteiger partial charge in [0.15, 0.2) is 0 Å². The monoisotopic (exact) mass is 128 g/mol. The second-order valence-electron chi connectivity index (χ2n) is 0.960. The van der Waals surface area contributed by atoms with Crippen LogP contribution in [0, 0.1) is 0 Å². The molecule has 0 aromatic carbocycles. The minimum atomic E-state index is 0. The number of rotatable bonds is 4. The molecule has 0 spiro atoms. The van der Waals surface area contributed by atoms with Gasteiger partial charge in [-0.1, -0.05) is 0 Å². The predicted octanol–water partition coefficient (Wildman–Crippen LogP) is -3.08. The molecule has 0 saturated heterocycles. The Bertz CT molecular complexity index is 53.1. The average Bonchev–Trinajstić information content (AvgIpc) is 1.69. The van der Waals surface area contributed by atoms with Gasteiger partial charge in [0.2, 0.25) is 0 Å². The number of hydrogen-bond acceptors (Lipinski definition) is 3. The maximum atomic E-state index is 9.40. The summed E-state index contributed by atoms with van der Waals surface area (Å²) in [5, 5.41) is 0. The topological polar surface area (TPSA) is 35.5 Å².